The highest BCUT2D eigenvalue weighted by molar-refractivity contribution is 6.30. The predicted octanol–water partition coefficient (Wildman–Crippen LogP) is 3.99. The van der Waals surface area contributed by atoms with Gasteiger partial charge in [0.2, 0.25) is 0 Å². The first-order valence-corrected chi connectivity index (χ1v) is 7.95. The van der Waals surface area contributed by atoms with Crippen LogP contribution in [0.5, 0.6) is 17.2 Å². The monoisotopic (exact) mass is 362 g/mol. The number of carbonyl (C=O) groups is 1. The molecular formula is C19H19ClO5. The van der Waals surface area contributed by atoms with Crippen molar-refractivity contribution in [3.63, 3.8) is 0 Å². The lowest BCUT2D eigenvalue weighted by molar-refractivity contribution is -0.134. The predicted molar refractivity (Wildman–Crippen MR) is 96.5 cm³/mol. The SMILES string of the molecule is COC(=O)/C=C\c1ccc(OCCOc2cccc(Cl)c2)c(OC)c1. The third-order valence-corrected chi connectivity index (χ3v) is 3.44. The Morgan fingerprint density at radius 2 is 1.84 bits per heavy atom. The van der Waals surface area contributed by atoms with Gasteiger partial charge in [-0.15, -0.1) is 0 Å². The van der Waals surface area contributed by atoms with Crippen molar-refractivity contribution in [2.75, 3.05) is 27.4 Å². The summed E-state index contributed by atoms with van der Waals surface area (Å²) in [6.07, 6.45) is 2.98. The van der Waals surface area contributed by atoms with Crippen molar-refractivity contribution in [3.05, 3.63) is 59.1 Å². The molecule has 0 aromatic heterocycles. The summed E-state index contributed by atoms with van der Waals surface area (Å²) in [7, 11) is 2.88. The summed E-state index contributed by atoms with van der Waals surface area (Å²) in [6.45, 7) is 0.716. The Kier molecular flexibility index (Phi) is 7.16. The number of rotatable bonds is 8. The van der Waals surface area contributed by atoms with Gasteiger partial charge in [0.25, 0.3) is 0 Å². The molecule has 0 aliphatic carbocycles. The number of ether oxygens (including phenoxy) is 4. The summed E-state index contributed by atoms with van der Waals surface area (Å²) in [5.41, 5.74) is 0.796. The topological polar surface area (TPSA) is 54.0 Å². The highest BCUT2D eigenvalue weighted by atomic mass is 35.5. The van der Waals surface area contributed by atoms with Gasteiger partial charge in [0.1, 0.15) is 19.0 Å². The zero-order valence-electron chi connectivity index (χ0n) is 14.0. The maximum atomic E-state index is 11.1. The third kappa shape index (κ3) is 6.04. The van der Waals surface area contributed by atoms with Crippen LogP contribution in [0.4, 0.5) is 0 Å². The first-order chi connectivity index (χ1) is 12.1. The quantitative estimate of drug-likeness (QED) is 0.403. The fraction of sp³-hybridized carbons (Fsp3) is 0.211. The van der Waals surface area contributed by atoms with E-state index in [9.17, 15) is 4.79 Å². The molecule has 0 unspecified atom stereocenters. The van der Waals surface area contributed by atoms with Gasteiger partial charge in [-0.2, -0.15) is 0 Å². The summed E-state index contributed by atoms with van der Waals surface area (Å²) in [6, 6.07) is 12.5. The first kappa shape index (κ1) is 18.7. The van der Waals surface area contributed by atoms with Crippen molar-refractivity contribution >= 4 is 23.6 Å². The van der Waals surface area contributed by atoms with Crippen LogP contribution in [0.3, 0.4) is 0 Å². The smallest absolute Gasteiger partial charge is 0.330 e. The maximum Gasteiger partial charge on any atom is 0.330 e. The highest BCUT2D eigenvalue weighted by Crippen LogP contribution is 2.28. The average Bonchev–Trinajstić information content (AvgIpc) is 2.63. The minimum Gasteiger partial charge on any atom is -0.493 e. The molecule has 6 heteroatoms. The van der Waals surface area contributed by atoms with Gasteiger partial charge in [0.05, 0.1) is 14.2 Å². The normalized spacial score (nSPS) is 10.5. The second-order valence-electron chi connectivity index (χ2n) is 4.92. The van der Waals surface area contributed by atoms with Gasteiger partial charge in [-0.1, -0.05) is 23.7 Å². The van der Waals surface area contributed by atoms with Gasteiger partial charge in [-0.05, 0) is 42.0 Å². The summed E-state index contributed by atoms with van der Waals surface area (Å²) < 4.78 is 21.1. The van der Waals surface area contributed by atoms with E-state index < -0.39 is 5.97 Å². The molecule has 25 heavy (non-hydrogen) atoms. The maximum absolute atomic E-state index is 11.1. The summed E-state index contributed by atoms with van der Waals surface area (Å²) >= 11 is 5.90. The Balaban J connectivity index is 1.90. The minimum absolute atomic E-state index is 0.347. The molecule has 0 aliphatic rings. The molecule has 0 fully saturated rings. The van der Waals surface area contributed by atoms with Crippen molar-refractivity contribution in [2.45, 2.75) is 0 Å². The second kappa shape index (κ2) is 9.59. The van der Waals surface area contributed by atoms with E-state index in [1.54, 1.807) is 37.5 Å². The van der Waals surface area contributed by atoms with Gasteiger partial charge in [-0.25, -0.2) is 4.79 Å². The number of hydrogen-bond donors (Lipinski definition) is 0. The Labute approximate surface area is 151 Å². The lowest BCUT2D eigenvalue weighted by Gasteiger charge is -2.12. The van der Waals surface area contributed by atoms with E-state index in [1.807, 2.05) is 18.2 Å². The van der Waals surface area contributed by atoms with Crippen LogP contribution in [0, 0.1) is 0 Å². The lowest BCUT2D eigenvalue weighted by Crippen LogP contribution is -2.09. The van der Waals surface area contributed by atoms with Gasteiger partial charge >= 0.3 is 5.97 Å². The molecule has 0 N–H and O–H groups in total. The van der Waals surface area contributed by atoms with E-state index >= 15 is 0 Å². The standard InChI is InChI=1S/C19H19ClO5/c1-22-18-12-14(7-9-19(21)23-2)6-8-17(18)25-11-10-24-16-5-3-4-15(20)13-16/h3-9,12-13H,10-11H2,1-2H3/b9-7-. The fourth-order valence-corrected chi connectivity index (χ4v) is 2.19. The largest absolute Gasteiger partial charge is 0.493 e. The molecule has 5 nitrogen and oxygen atoms in total. The van der Waals surface area contributed by atoms with Crippen molar-refractivity contribution in [1.82, 2.24) is 0 Å². The van der Waals surface area contributed by atoms with Gasteiger partial charge in [0, 0.05) is 11.1 Å². The Morgan fingerprint density at radius 3 is 2.56 bits per heavy atom. The van der Waals surface area contributed by atoms with Crippen LogP contribution in [0.1, 0.15) is 5.56 Å². The van der Waals surface area contributed by atoms with E-state index in [2.05, 4.69) is 4.74 Å². The lowest BCUT2D eigenvalue weighted by atomic mass is 10.2. The molecule has 0 spiro atoms. The molecule has 0 amide bonds. The van der Waals surface area contributed by atoms with Crippen LogP contribution in [0.25, 0.3) is 6.08 Å². The van der Waals surface area contributed by atoms with Crippen LogP contribution in [-0.2, 0) is 9.53 Å². The van der Waals surface area contributed by atoms with Crippen LogP contribution in [0.15, 0.2) is 48.5 Å². The number of halogens is 1. The molecule has 2 rings (SSSR count). The Bertz CT molecular complexity index is 742. The first-order valence-electron chi connectivity index (χ1n) is 7.57. The van der Waals surface area contributed by atoms with Crippen LogP contribution >= 0.6 is 11.6 Å². The molecule has 0 saturated heterocycles. The molecule has 0 aliphatic heterocycles. The van der Waals surface area contributed by atoms with Gasteiger partial charge < -0.3 is 18.9 Å². The molecule has 0 radical (unpaired) electrons. The van der Waals surface area contributed by atoms with E-state index in [1.165, 1.54) is 13.2 Å². The Hall–Kier alpha value is -2.66. The van der Waals surface area contributed by atoms with Crippen molar-refractivity contribution in [2.24, 2.45) is 0 Å². The number of carbonyl (C=O) groups excluding carboxylic acids is 1. The van der Waals surface area contributed by atoms with Gasteiger partial charge in [-0.3, -0.25) is 0 Å². The van der Waals surface area contributed by atoms with Crippen LogP contribution in [0.2, 0.25) is 5.02 Å². The van der Waals surface area contributed by atoms with Gasteiger partial charge in [0.15, 0.2) is 11.5 Å². The molecule has 2 aromatic carbocycles. The van der Waals surface area contributed by atoms with Crippen LogP contribution < -0.4 is 14.2 Å². The summed E-state index contributed by atoms with van der Waals surface area (Å²) in [5, 5.41) is 0.621. The minimum atomic E-state index is -0.419. The number of esters is 1. The molecule has 2 aromatic rings. The third-order valence-electron chi connectivity index (χ3n) is 3.21. The van der Waals surface area contributed by atoms with Crippen molar-refractivity contribution in [1.29, 1.82) is 0 Å². The van der Waals surface area contributed by atoms with Crippen LogP contribution in [-0.4, -0.2) is 33.4 Å². The molecule has 0 saturated carbocycles. The molecule has 132 valence electrons. The summed E-state index contributed by atoms with van der Waals surface area (Å²) in [5.74, 6) is 1.42. The number of benzene rings is 2. The number of hydrogen-bond acceptors (Lipinski definition) is 5. The van der Waals surface area contributed by atoms with E-state index in [4.69, 9.17) is 25.8 Å². The second-order valence-corrected chi connectivity index (χ2v) is 5.36. The van der Waals surface area contributed by atoms with Crippen molar-refractivity contribution < 1.29 is 23.7 Å². The highest BCUT2D eigenvalue weighted by Gasteiger charge is 2.05. The van der Waals surface area contributed by atoms with E-state index in [-0.39, 0.29) is 0 Å². The molecular weight excluding hydrogens is 344 g/mol. The van der Waals surface area contributed by atoms with Crippen molar-refractivity contribution in [3.8, 4) is 17.2 Å². The summed E-state index contributed by atoms with van der Waals surface area (Å²) in [4.78, 5) is 11.1. The Morgan fingerprint density at radius 1 is 1.04 bits per heavy atom. The molecule has 0 atom stereocenters. The fourth-order valence-electron chi connectivity index (χ4n) is 2.01. The van der Waals surface area contributed by atoms with E-state index in [0.717, 1.165) is 5.56 Å². The number of methoxy groups -OCH3 is 2. The molecule has 0 bridgehead atoms. The zero-order chi connectivity index (χ0) is 18.1. The zero-order valence-corrected chi connectivity index (χ0v) is 14.8. The molecule has 0 heterocycles. The average molecular weight is 363 g/mol. The van der Waals surface area contributed by atoms with E-state index in [0.29, 0.717) is 35.5 Å².